The van der Waals surface area contributed by atoms with Crippen LogP contribution in [-0.2, 0) is 4.79 Å². The third-order valence-electron chi connectivity index (χ3n) is 4.37. The molecule has 0 aliphatic rings. The Morgan fingerprint density at radius 1 is 0.967 bits per heavy atom. The highest BCUT2D eigenvalue weighted by Gasteiger charge is 2.15. The van der Waals surface area contributed by atoms with Gasteiger partial charge in [0.1, 0.15) is 11.5 Å². The van der Waals surface area contributed by atoms with E-state index in [0.29, 0.717) is 22.2 Å². The van der Waals surface area contributed by atoms with Crippen molar-refractivity contribution in [2.75, 3.05) is 26.1 Å². The smallest absolute Gasteiger partial charge is 0.262 e. The molecule has 6 nitrogen and oxygen atoms in total. The van der Waals surface area contributed by atoms with Gasteiger partial charge in [0.25, 0.3) is 11.8 Å². The molecule has 3 aromatic rings. The minimum Gasteiger partial charge on any atom is -0.497 e. The molecule has 2 amide bonds. The van der Waals surface area contributed by atoms with Gasteiger partial charge in [0.05, 0.1) is 23.4 Å². The van der Waals surface area contributed by atoms with Crippen LogP contribution in [-0.4, -0.2) is 32.6 Å². The van der Waals surface area contributed by atoms with Crippen LogP contribution in [0.3, 0.4) is 0 Å². The van der Waals surface area contributed by atoms with E-state index in [1.54, 1.807) is 30.3 Å². The Bertz CT molecular complexity index is 1050. The van der Waals surface area contributed by atoms with Gasteiger partial charge in [-0.3, -0.25) is 9.59 Å². The summed E-state index contributed by atoms with van der Waals surface area (Å²) in [5.74, 6) is 0.138. The molecular weight excluding hydrogens is 404 g/mol. The summed E-state index contributed by atoms with van der Waals surface area (Å²) in [6, 6.07) is 20.0. The van der Waals surface area contributed by atoms with Crippen LogP contribution in [0.1, 0.15) is 10.4 Å². The summed E-state index contributed by atoms with van der Waals surface area (Å²) >= 11 is 6.32. The largest absolute Gasteiger partial charge is 0.497 e. The fourth-order valence-electron chi connectivity index (χ4n) is 2.84. The van der Waals surface area contributed by atoms with Crippen LogP contribution in [0.2, 0.25) is 5.02 Å². The average molecular weight is 425 g/mol. The number of rotatable bonds is 7. The van der Waals surface area contributed by atoms with Crippen molar-refractivity contribution in [2.45, 2.75) is 0 Å². The molecule has 0 aliphatic heterocycles. The highest BCUT2D eigenvalue weighted by molar-refractivity contribution is 6.32. The summed E-state index contributed by atoms with van der Waals surface area (Å²) < 4.78 is 10.7. The maximum absolute atomic E-state index is 12.4. The van der Waals surface area contributed by atoms with Gasteiger partial charge in [-0.2, -0.15) is 0 Å². The summed E-state index contributed by atoms with van der Waals surface area (Å²) in [6.07, 6.45) is 0. The minimum atomic E-state index is -0.423. The minimum absolute atomic E-state index is 0.260. The van der Waals surface area contributed by atoms with E-state index < -0.39 is 5.91 Å². The van der Waals surface area contributed by atoms with E-state index in [9.17, 15) is 9.59 Å². The van der Waals surface area contributed by atoms with Gasteiger partial charge in [0.15, 0.2) is 6.61 Å². The second kappa shape index (κ2) is 9.80. The highest BCUT2D eigenvalue weighted by Crippen LogP contribution is 2.30. The molecule has 0 aromatic heterocycles. The second-order valence-electron chi connectivity index (χ2n) is 6.34. The first-order valence-electron chi connectivity index (χ1n) is 9.19. The first kappa shape index (κ1) is 21.2. The van der Waals surface area contributed by atoms with E-state index in [2.05, 4.69) is 10.6 Å². The number of anilines is 1. The van der Waals surface area contributed by atoms with E-state index in [1.807, 2.05) is 36.4 Å². The molecule has 0 radical (unpaired) electrons. The van der Waals surface area contributed by atoms with Gasteiger partial charge in [0, 0.05) is 7.05 Å². The lowest BCUT2D eigenvalue weighted by Gasteiger charge is -2.13. The molecule has 0 saturated carbocycles. The van der Waals surface area contributed by atoms with Gasteiger partial charge in [-0.15, -0.1) is 0 Å². The third-order valence-corrected chi connectivity index (χ3v) is 4.67. The number of methoxy groups -OCH3 is 1. The van der Waals surface area contributed by atoms with Crippen molar-refractivity contribution < 1.29 is 19.1 Å². The molecule has 0 fully saturated rings. The van der Waals surface area contributed by atoms with Crippen LogP contribution >= 0.6 is 11.6 Å². The predicted octanol–water partition coefficient (Wildman–Crippen LogP) is 4.39. The van der Waals surface area contributed by atoms with Crippen molar-refractivity contribution in [2.24, 2.45) is 0 Å². The summed E-state index contributed by atoms with van der Waals surface area (Å²) in [5.41, 5.74) is 2.63. The van der Waals surface area contributed by atoms with Gasteiger partial charge < -0.3 is 20.1 Å². The first-order chi connectivity index (χ1) is 14.5. The first-order valence-corrected chi connectivity index (χ1v) is 9.57. The van der Waals surface area contributed by atoms with Crippen LogP contribution in [0.25, 0.3) is 11.1 Å². The highest BCUT2D eigenvalue weighted by atomic mass is 35.5. The zero-order chi connectivity index (χ0) is 21.5. The van der Waals surface area contributed by atoms with Crippen LogP contribution in [0, 0.1) is 0 Å². The molecule has 2 N–H and O–H groups in total. The molecule has 0 aliphatic carbocycles. The lowest BCUT2D eigenvalue weighted by Crippen LogP contribution is -2.24. The molecule has 0 bridgehead atoms. The molecule has 0 spiro atoms. The predicted molar refractivity (Wildman–Crippen MR) is 117 cm³/mol. The SMILES string of the molecule is CNC(=O)c1cc(OC)ccc1NC(=O)COc1ccc(-c2ccccc2)cc1Cl. The normalized spacial score (nSPS) is 10.2. The van der Waals surface area contributed by atoms with E-state index in [-0.39, 0.29) is 18.1 Å². The lowest BCUT2D eigenvalue weighted by atomic mass is 10.1. The van der Waals surface area contributed by atoms with E-state index >= 15 is 0 Å². The molecule has 3 aromatic carbocycles. The topological polar surface area (TPSA) is 76.7 Å². The molecule has 3 rings (SSSR count). The van der Waals surface area contributed by atoms with Crippen molar-refractivity contribution in [1.82, 2.24) is 5.32 Å². The van der Waals surface area contributed by atoms with E-state index in [0.717, 1.165) is 11.1 Å². The summed E-state index contributed by atoms with van der Waals surface area (Å²) in [4.78, 5) is 24.5. The zero-order valence-electron chi connectivity index (χ0n) is 16.6. The lowest BCUT2D eigenvalue weighted by molar-refractivity contribution is -0.118. The number of ether oxygens (including phenoxy) is 2. The van der Waals surface area contributed by atoms with Crippen molar-refractivity contribution in [3.05, 3.63) is 77.3 Å². The maximum atomic E-state index is 12.4. The zero-order valence-corrected chi connectivity index (χ0v) is 17.3. The van der Waals surface area contributed by atoms with Crippen LogP contribution in [0.4, 0.5) is 5.69 Å². The number of amides is 2. The van der Waals surface area contributed by atoms with E-state index in [1.165, 1.54) is 14.2 Å². The van der Waals surface area contributed by atoms with Gasteiger partial charge in [-0.05, 0) is 41.5 Å². The van der Waals surface area contributed by atoms with Crippen molar-refractivity contribution in [1.29, 1.82) is 0 Å². The molecule has 0 saturated heterocycles. The van der Waals surface area contributed by atoms with Crippen LogP contribution < -0.4 is 20.1 Å². The standard InChI is InChI=1S/C23H21ClN2O4/c1-25-23(28)18-13-17(29-2)9-10-20(18)26-22(27)14-30-21-11-8-16(12-19(21)24)15-6-4-3-5-7-15/h3-13H,14H2,1-2H3,(H,25,28)(H,26,27). The summed E-state index contributed by atoms with van der Waals surface area (Å²) in [7, 11) is 3.01. The Balaban J connectivity index is 1.67. The van der Waals surface area contributed by atoms with Crippen molar-refractivity contribution in [3.8, 4) is 22.6 Å². The number of hydrogen-bond donors (Lipinski definition) is 2. The van der Waals surface area contributed by atoms with Crippen LogP contribution in [0.5, 0.6) is 11.5 Å². The summed E-state index contributed by atoms with van der Waals surface area (Å²) in [6.45, 7) is -0.260. The average Bonchev–Trinajstić information content (AvgIpc) is 2.78. The Hall–Kier alpha value is -3.51. The van der Waals surface area contributed by atoms with Gasteiger partial charge in [0.2, 0.25) is 0 Å². The summed E-state index contributed by atoms with van der Waals surface area (Å²) in [5, 5.41) is 5.62. The fourth-order valence-corrected chi connectivity index (χ4v) is 3.07. The molecule has 0 heterocycles. The fraction of sp³-hybridized carbons (Fsp3) is 0.130. The Morgan fingerprint density at radius 3 is 2.40 bits per heavy atom. The molecule has 7 heteroatoms. The van der Waals surface area contributed by atoms with Gasteiger partial charge >= 0.3 is 0 Å². The second-order valence-corrected chi connectivity index (χ2v) is 6.75. The maximum Gasteiger partial charge on any atom is 0.262 e. The monoisotopic (exact) mass is 424 g/mol. The molecule has 30 heavy (non-hydrogen) atoms. The van der Waals surface area contributed by atoms with Crippen molar-refractivity contribution in [3.63, 3.8) is 0 Å². The number of halogens is 1. The number of hydrogen-bond acceptors (Lipinski definition) is 4. The Labute approximate surface area is 179 Å². The number of carbonyl (C=O) groups excluding carboxylic acids is 2. The Kier molecular flexibility index (Phi) is 6.93. The molecular formula is C23H21ClN2O4. The number of nitrogens with one attached hydrogen (secondary N) is 2. The Morgan fingerprint density at radius 2 is 1.73 bits per heavy atom. The quantitative estimate of drug-likeness (QED) is 0.589. The van der Waals surface area contributed by atoms with Gasteiger partial charge in [-0.25, -0.2) is 0 Å². The molecule has 154 valence electrons. The third kappa shape index (κ3) is 5.10. The molecule has 0 atom stereocenters. The number of carbonyl (C=O) groups is 2. The van der Waals surface area contributed by atoms with Gasteiger partial charge in [-0.1, -0.05) is 48.0 Å². The molecule has 0 unspecified atom stereocenters. The van der Waals surface area contributed by atoms with E-state index in [4.69, 9.17) is 21.1 Å². The van der Waals surface area contributed by atoms with Crippen molar-refractivity contribution >= 4 is 29.1 Å². The number of benzene rings is 3. The van der Waals surface area contributed by atoms with Crippen LogP contribution in [0.15, 0.2) is 66.7 Å².